The molecule has 0 spiro atoms. The van der Waals surface area contributed by atoms with Crippen LogP contribution in [-0.4, -0.2) is 34.9 Å². The first-order valence-corrected chi connectivity index (χ1v) is 7.95. The first-order chi connectivity index (χ1) is 10.1. The van der Waals surface area contributed by atoms with Crippen molar-refractivity contribution in [2.24, 2.45) is 5.73 Å². The van der Waals surface area contributed by atoms with Crippen LogP contribution in [0.15, 0.2) is 24.3 Å². The minimum atomic E-state index is 0.0190. The molecule has 21 heavy (non-hydrogen) atoms. The summed E-state index contributed by atoms with van der Waals surface area (Å²) in [5.41, 5.74) is 7.08. The minimum Gasteiger partial charge on any atom is -0.389 e. The van der Waals surface area contributed by atoms with E-state index in [9.17, 15) is 4.79 Å². The average Bonchev–Trinajstić information content (AvgIpc) is 3.28. The van der Waals surface area contributed by atoms with Crippen molar-refractivity contribution in [3.8, 4) is 0 Å². The summed E-state index contributed by atoms with van der Waals surface area (Å²) in [4.78, 5) is 14.8. The van der Waals surface area contributed by atoms with E-state index in [0.717, 1.165) is 25.6 Å². The summed E-state index contributed by atoms with van der Waals surface area (Å²) < 4.78 is 0. The highest BCUT2D eigenvalue weighted by molar-refractivity contribution is 7.80. The van der Waals surface area contributed by atoms with Crippen LogP contribution in [0.5, 0.6) is 0 Å². The van der Waals surface area contributed by atoms with E-state index >= 15 is 0 Å². The highest BCUT2D eigenvalue weighted by atomic mass is 32.1. The Labute approximate surface area is 131 Å². The Morgan fingerprint density at radius 2 is 2.14 bits per heavy atom. The smallest absolute Gasteiger partial charge is 0.224 e. The molecule has 1 aromatic rings. The van der Waals surface area contributed by atoms with Gasteiger partial charge in [0.2, 0.25) is 5.91 Å². The van der Waals surface area contributed by atoms with E-state index in [1.807, 2.05) is 24.3 Å². The molecule has 0 saturated heterocycles. The Morgan fingerprint density at radius 3 is 2.76 bits per heavy atom. The van der Waals surface area contributed by atoms with Crippen LogP contribution in [0, 0.1) is 0 Å². The van der Waals surface area contributed by atoms with Gasteiger partial charge in [0.1, 0.15) is 4.99 Å². The molecule has 1 fully saturated rings. The van der Waals surface area contributed by atoms with Crippen molar-refractivity contribution >= 4 is 28.8 Å². The number of benzene rings is 1. The summed E-state index contributed by atoms with van der Waals surface area (Å²) in [7, 11) is 0. The Kier molecular flexibility index (Phi) is 5.70. The second-order valence-electron chi connectivity index (χ2n) is 5.42. The number of amides is 1. The van der Waals surface area contributed by atoms with Gasteiger partial charge in [0.05, 0.1) is 5.69 Å². The number of thiocarbonyl (C=S) groups is 1. The van der Waals surface area contributed by atoms with Crippen molar-refractivity contribution < 1.29 is 4.79 Å². The van der Waals surface area contributed by atoms with Gasteiger partial charge in [-0.3, -0.25) is 4.79 Å². The third-order valence-corrected chi connectivity index (χ3v) is 4.01. The molecule has 5 heteroatoms. The maximum Gasteiger partial charge on any atom is 0.224 e. The number of hydrogen-bond donors (Lipinski definition) is 2. The topological polar surface area (TPSA) is 58.4 Å². The van der Waals surface area contributed by atoms with Crippen LogP contribution in [0.1, 0.15) is 38.2 Å². The van der Waals surface area contributed by atoms with Gasteiger partial charge in [0.25, 0.3) is 0 Å². The molecule has 1 aliphatic carbocycles. The van der Waals surface area contributed by atoms with Crippen LogP contribution in [0.4, 0.5) is 5.69 Å². The summed E-state index contributed by atoms with van der Waals surface area (Å²) >= 11 is 5.00. The quantitative estimate of drug-likeness (QED) is 0.725. The molecule has 0 aliphatic heterocycles. The Morgan fingerprint density at radius 1 is 1.43 bits per heavy atom. The number of anilines is 1. The number of carbonyl (C=O) groups is 1. The molecule has 0 atom stereocenters. The van der Waals surface area contributed by atoms with Crippen LogP contribution in [0.3, 0.4) is 0 Å². The maximum absolute atomic E-state index is 12.0. The molecule has 0 heterocycles. The largest absolute Gasteiger partial charge is 0.389 e. The summed E-state index contributed by atoms with van der Waals surface area (Å²) in [5.74, 6) is 0.0190. The van der Waals surface area contributed by atoms with Crippen LogP contribution in [0.25, 0.3) is 0 Å². The Balaban J connectivity index is 1.80. The normalized spacial score (nSPS) is 14.2. The molecule has 0 radical (unpaired) electrons. The van der Waals surface area contributed by atoms with Gasteiger partial charge >= 0.3 is 0 Å². The fraction of sp³-hybridized carbons (Fsp3) is 0.500. The van der Waals surface area contributed by atoms with Gasteiger partial charge in [-0.25, -0.2) is 0 Å². The fourth-order valence-corrected chi connectivity index (χ4v) is 2.68. The van der Waals surface area contributed by atoms with Crippen molar-refractivity contribution in [3.05, 3.63) is 29.8 Å². The van der Waals surface area contributed by atoms with Gasteiger partial charge in [-0.2, -0.15) is 0 Å². The zero-order valence-electron chi connectivity index (χ0n) is 12.5. The predicted molar refractivity (Wildman–Crippen MR) is 90.5 cm³/mol. The van der Waals surface area contributed by atoms with E-state index in [-0.39, 0.29) is 5.91 Å². The van der Waals surface area contributed by atoms with Crippen molar-refractivity contribution in [1.82, 2.24) is 4.90 Å². The monoisotopic (exact) mass is 305 g/mol. The predicted octanol–water partition coefficient (Wildman–Crippen LogP) is 2.52. The minimum absolute atomic E-state index is 0.0190. The molecule has 0 unspecified atom stereocenters. The number of hydrogen-bond acceptors (Lipinski definition) is 3. The van der Waals surface area contributed by atoms with Crippen molar-refractivity contribution in [3.63, 3.8) is 0 Å². The van der Waals surface area contributed by atoms with Crippen molar-refractivity contribution in [2.45, 2.75) is 38.6 Å². The molecule has 1 saturated carbocycles. The van der Waals surface area contributed by atoms with Crippen LogP contribution in [0.2, 0.25) is 0 Å². The van der Waals surface area contributed by atoms with Gasteiger partial charge in [0, 0.05) is 18.0 Å². The molecule has 1 aliphatic rings. The first kappa shape index (κ1) is 15.9. The van der Waals surface area contributed by atoms with E-state index in [0.29, 0.717) is 22.7 Å². The molecule has 0 bridgehead atoms. The lowest BCUT2D eigenvalue weighted by atomic mass is 10.1. The SMILES string of the molecule is CCN(CCCC(=O)Nc1ccccc1C(N)=S)C1CC1. The summed E-state index contributed by atoms with van der Waals surface area (Å²) in [6, 6.07) is 8.13. The Bertz CT molecular complexity index is 514. The standard InChI is InChI=1S/C16H23N3OS/c1-2-19(12-9-10-12)11-5-8-15(20)18-14-7-4-3-6-13(14)16(17)21/h3-4,6-7,12H,2,5,8-11H2,1H3,(H2,17,21)(H,18,20). The molecule has 2 rings (SSSR count). The van der Waals surface area contributed by atoms with Crippen molar-refractivity contribution in [2.75, 3.05) is 18.4 Å². The molecule has 1 amide bonds. The molecular formula is C16H23N3OS. The number of nitrogens with one attached hydrogen (secondary N) is 1. The van der Waals surface area contributed by atoms with Gasteiger partial charge in [-0.05, 0) is 44.5 Å². The van der Waals surface area contributed by atoms with Crippen LogP contribution >= 0.6 is 12.2 Å². The third-order valence-electron chi connectivity index (χ3n) is 3.79. The molecule has 1 aromatic carbocycles. The molecular weight excluding hydrogens is 282 g/mol. The number of nitrogens with two attached hydrogens (primary N) is 1. The summed E-state index contributed by atoms with van der Waals surface area (Å²) in [5, 5.41) is 2.90. The second-order valence-corrected chi connectivity index (χ2v) is 5.86. The Hall–Kier alpha value is -1.46. The lowest BCUT2D eigenvalue weighted by Gasteiger charge is -2.19. The van der Waals surface area contributed by atoms with Gasteiger partial charge in [0.15, 0.2) is 0 Å². The lowest BCUT2D eigenvalue weighted by molar-refractivity contribution is -0.116. The third kappa shape index (κ3) is 4.79. The first-order valence-electron chi connectivity index (χ1n) is 7.54. The zero-order valence-corrected chi connectivity index (χ0v) is 13.3. The van der Waals surface area contributed by atoms with Gasteiger partial charge < -0.3 is 16.0 Å². The molecule has 4 nitrogen and oxygen atoms in total. The van der Waals surface area contributed by atoms with E-state index in [2.05, 4.69) is 17.1 Å². The molecule has 0 aromatic heterocycles. The highest BCUT2D eigenvalue weighted by Gasteiger charge is 2.27. The molecule has 114 valence electrons. The zero-order chi connectivity index (χ0) is 15.2. The van der Waals surface area contributed by atoms with E-state index in [1.54, 1.807) is 0 Å². The number of rotatable bonds is 8. The van der Waals surface area contributed by atoms with Gasteiger partial charge in [-0.15, -0.1) is 0 Å². The summed E-state index contributed by atoms with van der Waals surface area (Å²) in [6.07, 6.45) is 4.02. The average molecular weight is 305 g/mol. The summed E-state index contributed by atoms with van der Waals surface area (Å²) in [6.45, 7) is 4.24. The second kappa shape index (κ2) is 7.52. The van der Waals surface area contributed by atoms with E-state index < -0.39 is 0 Å². The molecule has 3 N–H and O–H groups in total. The number of nitrogens with zero attached hydrogens (tertiary/aromatic N) is 1. The maximum atomic E-state index is 12.0. The van der Waals surface area contributed by atoms with Gasteiger partial charge in [-0.1, -0.05) is 31.3 Å². The lowest BCUT2D eigenvalue weighted by Crippen LogP contribution is -2.27. The van der Waals surface area contributed by atoms with Crippen molar-refractivity contribution in [1.29, 1.82) is 0 Å². The highest BCUT2D eigenvalue weighted by Crippen LogP contribution is 2.26. The van der Waals surface area contributed by atoms with Crippen LogP contribution in [-0.2, 0) is 4.79 Å². The van der Waals surface area contributed by atoms with Crippen LogP contribution < -0.4 is 11.1 Å². The number of para-hydroxylation sites is 1. The number of carbonyl (C=O) groups excluding carboxylic acids is 1. The van der Waals surface area contributed by atoms with E-state index in [4.69, 9.17) is 18.0 Å². The fourth-order valence-electron chi connectivity index (χ4n) is 2.50. The van der Waals surface area contributed by atoms with E-state index in [1.165, 1.54) is 12.8 Å².